The molecule has 0 radical (unpaired) electrons. The van der Waals surface area contributed by atoms with E-state index in [0.717, 1.165) is 30.5 Å². The monoisotopic (exact) mass is 317 g/mol. The number of hydrogen-bond acceptors (Lipinski definition) is 4. The van der Waals surface area contributed by atoms with Gasteiger partial charge in [0.15, 0.2) is 5.78 Å². The molecular weight excluding hydrogens is 294 g/mol. The Morgan fingerprint density at radius 1 is 1.23 bits per heavy atom. The summed E-state index contributed by atoms with van der Waals surface area (Å²) in [4.78, 5) is 16.7. The van der Waals surface area contributed by atoms with E-state index in [9.17, 15) is 9.90 Å². The van der Waals surface area contributed by atoms with Gasteiger partial charge >= 0.3 is 0 Å². The molecule has 3 rings (SSSR count). The first kappa shape index (κ1) is 15.5. The van der Waals surface area contributed by atoms with Gasteiger partial charge in [-0.1, -0.05) is 0 Å². The molecule has 2 aliphatic rings. The van der Waals surface area contributed by atoms with E-state index in [-0.39, 0.29) is 22.8 Å². The molecule has 1 N–H and O–H groups in total. The van der Waals surface area contributed by atoms with Crippen molar-refractivity contribution in [2.45, 2.75) is 45.9 Å². The molecular formula is C18H23NO2S. The predicted octanol–water partition coefficient (Wildman–Crippen LogP) is 4.23. The summed E-state index contributed by atoms with van der Waals surface area (Å²) in [7, 11) is 0. The number of fused-ring (bicyclic) bond motifs is 1. The zero-order valence-electron chi connectivity index (χ0n) is 13.6. The minimum atomic E-state index is -0.0424. The van der Waals surface area contributed by atoms with Crippen molar-refractivity contribution in [2.24, 2.45) is 5.92 Å². The Hall–Kier alpha value is -1.42. The normalized spacial score (nSPS) is 24.6. The summed E-state index contributed by atoms with van der Waals surface area (Å²) in [6, 6.07) is 3.55. The third-order valence-corrected chi connectivity index (χ3v) is 6.49. The van der Waals surface area contributed by atoms with Gasteiger partial charge in [-0.2, -0.15) is 0 Å². The van der Waals surface area contributed by atoms with E-state index < -0.39 is 0 Å². The molecule has 0 aromatic heterocycles. The van der Waals surface area contributed by atoms with Crippen LogP contribution in [0.2, 0.25) is 0 Å². The second-order valence-electron chi connectivity index (χ2n) is 6.41. The van der Waals surface area contributed by atoms with E-state index in [0.29, 0.717) is 5.56 Å². The number of phenols is 1. The molecule has 3 nitrogen and oxygen atoms in total. The molecule has 2 heterocycles. The van der Waals surface area contributed by atoms with Gasteiger partial charge in [-0.25, -0.2) is 0 Å². The molecule has 2 atom stereocenters. The lowest BCUT2D eigenvalue weighted by molar-refractivity contribution is 0.0825. The third-order valence-electron chi connectivity index (χ3n) is 5.02. The first-order chi connectivity index (χ1) is 10.4. The number of ketones is 1. The molecule has 2 aliphatic heterocycles. The number of hydrogen-bond donors (Lipinski definition) is 1. The van der Waals surface area contributed by atoms with Gasteiger partial charge in [-0.05, 0) is 63.8 Å². The molecule has 0 bridgehead atoms. The number of aromatic hydroxyl groups is 1. The highest BCUT2D eigenvalue weighted by atomic mass is 32.2. The lowest BCUT2D eigenvalue weighted by Gasteiger charge is -2.37. The van der Waals surface area contributed by atoms with Crippen molar-refractivity contribution in [1.82, 2.24) is 4.90 Å². The number of carbonyl (C=O) groups excluding carboxylic acids is 1. The fourth-order valence-corrected chi connectivity index (χ4v) is 4.86. The first-order valence-corrected chi connectivity index (χ1v) is 8.73. The van der Waals surface area contributed by atoms with Crippen LogP contribution in [0.3, 0.4) is 0 Å². The number of allylic oxidation sites excluding steroid dienone is 2. The standard InChI is InChI=1S/C18H23NO2S/c1-10-8-15(16(20)9-11(10)2)17(21)14-6-5-7-19-12(3)13(4)22-18(14)19/h8-9,14,18,20H,5-7H2,1-4H3. The van der Waals surface area contributed by atoms with Crippen LogP contribution in [0.4, 0.5) is 0 Å². The highest BCUT2D eigenvalue weighted by Crippen LogP contribution is 2.46. The molecule has 2 unspecified atom stereocenters. The zero-order valence-corrected chi connectivity index (χ0v) is 14.5. The molecule has 22 heavy (non-hydrogen) atoms. The molecule has 118 valence electrons. The molecule has 0 aliphatic carbocycles. The minimum absolute atomic E-state index is 0.0424. The van der Waals surface area contributed by atoms with Crippen molar-refractivity contribution >= 4 is 17.5 Å². The van der Waals surface area contributed by atoms with Crippen LogP contribution in [-0.4, -0.2) is 27.7 Å². The summed E-state index contributed by atoms with van der Waals surface area (Å²) >= 11 is 1.80. The maximum atomic E-state index is 13.0. The van der Waals surface area contributed by atoms with Crippen LogP contribution in [0.1, 0.15) is 48.2 Å². The van der Waals surface area contributed by atoms with E-state index in [1.807, 2.05) is 19.9 Å². The van der Waals surface area contributed by atoms with Crippen LogP contribution in [0.15, 0.2) is 22.7 Å². The number of nitrogens with zero attached hydrogens (tertiary/aromatic N) is 1. The van der Waals surface area contributed by atoms with Crippen molar-refractivity contribution in [1.29, 1.82) is 0 Å². The molecule has 1 aromatic carbocycles. The molecule has 1 fully saturated rings. The fraction of sp³-hybridized carbons (Fsp3) is 0.500. The van der Waals surface area contributed by atoms with E-state index in [4.69, 9.17) is 0 Å². The number of thioether (sulfide) groups is 1. The number of rotatable bonds is 2. The largest absolute Gasteiger partial charge is 0.507 e. The van der Waals surface area contributed by atoms with Gasteiger partial charge in [-0.3, -0.25) is 4.79 Å². The van der Waals surface area contributed by atoms with E-state index in [1.165, 1.54) is 10.6 Å². The Morgan fingerprint density at radius 3 is 2.64 bits per heavy atom. The quantitative estimate of drug-likeness (QED) is 0.829. The zero-order chi connectivity index (χ0) is 16.0. The summed E-state index contributed by atoms with van der Waals surface area (Å²) in [5, 5.41) is 10.4. The van der Waals surface area contributed by atoms with E-state index in [2.05, 4.69) is 18.7 Å². The van der Waals surface area contributed by atoms with Gasteiger partial charge in [0.05, 0.1) is 16.9 Å². The van der Waals surface area contributed by atoms with Crippen molar-refractivity contribution in [3.05, 3.63) is 39.4 Å². The Morgan fingerprint density at radius 2 is 1.91 bits per heavy atom. The lowest BCUT2D eigenvalue weighted by Crippen LogP contribution is -2.42. The number of carbonyl (C=O) groups is 1. The van der Waals surface area contributed by atoms with Crippen LogP contribution >= 0.6 is 11.8 Å². The van der Waals surface area contributed by atoms with Gasteiger partial charge in [0.2, 0.25) is 0 Å². The maximum Gasteiger partial charge on any atom is 0.172 e. The molecule has 0 amide bonds. The summed E-state index contributed by atoms with van der Waals surface area (Å²) in [5.41, 5.74) is 3.86. The average molecular weight is 317 g/mol. The van der Waals surface area contributed by atoms with Crippen LogP contribution < -0.4 is 0 Å². The number of piperidine rings is 1. The van der Waals surface area contributed by atoms with Crippen molar-refractivity contribution in [3.8, 4) is 5.75 Å². The van der Waals surface area contributed by atoms with E-state index in [1.54, 1.807) is 17.8 Å². The van der Waals surface area contributed by atoms with Gasteiger partial charge in [0, 0.05) is 17.1 Å². The molecule has 1 saturated heterocycles. The highest BCUT2D eigenvalue weighted by molar-refractivity contribution is 8.03. The number of benzene rings is 1. The first-order valence-electron chi connectivity index (χ1n) is 7.85. The molecule has 4 heteroatoms. The number of aryl methyl sites for hydroxylation is 2. The summed E-state index contributed by atoms with van der Waals surface area (Å²) < 4.78 is 0. The summed E-state index contributed by atoms with van der Waals surface area (Å²) in [5.74, 6) is 0.166. The molecule has 1 aromatic rings. The number of Topliss-reactive ketones (excluding diaryl/α,β-unsaturated/α-hetero) is 1. The summed E-state index contributed by atoms with van der Waals surface area (Å²) in [6.45, 7) is 9.24. The Labute approximate surface area is 136 Å². The topological polar surface area (TPSA) is 40.5 Å². The smallest absolute Gasteiger partial charge is 0.172 e. The van der Waals surface area contributed by atoms with Crippen molar-refractivity contribution < 1.29 is 9.90 Å². The van der Waals surface area contributed by atoms with Gasteiger partial charge < -0.3 is 10.0 Å². The second-order valence-corrected chi connectivity index (χ2v) is 7.74. The Kier molecular flexibility index (Phi) is 3.98. The van der Waals surface area contributed by atoms with Gasteiger partial charge in [0.25, 0.3) is 0 Å². The van der Waals surface area contributed by atoms with Crippen LogP contribution in [0.25, 0.3) is 0 Å². The van der Waals surface area contributed by atoms with E-state index >= 15 is 0 Å². The predicted molar refractivity (Wildman–Crippen MR) is 91.1 cm³/mol. The Balaban J connectivity index is 1.91. The minimum Gasteiger partial charge on any atom is -0.507 e. The fourth-order valence-electron chi connectivity index (χ4n) is 3.40. The van der Waals surface area contributed by atoms with Crippen molar-refractivity contribution in [2.75, 3.05) is 6.54 Å². The maximum absolute atomic E-state index is 13.0. The van der Waals surface area contributed by atoms with Crippen LogP contribution in [0, 0.1) is 19.8 Å². The summed E-state index contributed by atoms with van der Waals surface area (Å²) in [6.07, 6.45) is 1.93. The third kappa shape index (κ3) is 2.43. The van der Waals surface area contributed by atoms with Crippen LogP contribution in [0.5, 0.6) is 5.75 Å². The molecule has 0 saturated carbocycles. The lowest BCUT2D eigenvalue weighted by atomic mass is 9.88. The molecule has 0 spiro atoms. The second kappa shape index (κ2) is 5.65. The SMILES string of the molecule is CC1=C(C)N2CCCC(C(=O)c3cc(C)c(C)cc3O)C2S1. The van der Waals surface area contributed by atoms with Crippen molar-refractivity contribution in [3.63, 3.8) is 0 Å². The Bertz CT molecular complexity index is 665. The number of phenolic OH excluding ortho intramolecular Hbond substituents is 1. The van der Waals surface area contributed by atoms with Gasteiger partial charge in [0.1, 0.15) is 5.75 Å². The van der Waals surface area contributed by atoms with Gasteiger partial charge in [-0.15, -0.1) is 11.8 Å². The average Bonchev–Trinajstić information content (AvgIpc) is 2.77. The highest BCUT2D eigenvalue weighted by Gasteiger charge is 2.41. The van der Waals surface area contributed by atoms with Crippen LogP contribution in [-0.2, 0) is 0 Å².